The van der Waals surface area contributed by atoms with Gasteiger partial charge < -0.3 is 19.1 Å². The van der Waals surface area contributed by atoms with Crippen LogP contribution in [0.15, 0.2) is 42.7 Å². The molecule has 2 saturated heterocycles. The summed E-state index contributed by atoms with van der Waals surface area (Å²) in [5, 5.41) is 1.23. The van der Waals surface area contributed by atoms with Crippen LogP contribution < -0.4 is 4.90 Å². The minimum absolute atomic E-state index is 0.0141. The number of anilines is 1. The van der Waals surface area contributed by atoms with Crippen molar-refractivity contribution in [3.05, 3.63) is 58.3 Å². The van der Waals surface area contributed by atoms with Gasteiger partial charge in [0.25, 0.3) is 0 Å². The number of aromatic nitrogens is 2. The minimum Gasteiger partial charge on any atom is -0.444 e. The summed E-state index contributed by atoms with van der Waals surface area (Å²) in [6, 6.07) is 11.4. The maximum atomic E-state index is 13.4. The number of rotatable bonds is 4. The molecule has 0 unspecified atom stereocenters. The van der Waals surface area contributed by atoms with E-state index >= 15 is 0 Å². The van der Waals surface area contributed by atoms with Crippen molar-refractivity contribution in [2.45, 2.75) is 58.2 Å². The smallest absolute Gasteiger partial charge is 0.410 e. The topological polar surface area (TPSA) is 70.9 Å². The van der Waals surface area contributed by atoms with E-state index in [0.717, 1.165) is 28.7 Å². The third kappa shape index (κ3) is 5.82. The van der Waals surface area contributed by atoms with Gasteiger partial charge in [-0.3, -0.25) is 9.69 Å². The molecule has 1 aromatic heterocycles. The van der Waals surface area contributed by atoms with E-state index < -0.39 is 17.7 Å². The number of hydrogen-bond acceptors (Lipinski definition) is 5. The summed E-state index contributed by atoms with van der Waals surface area (Å²) in [7, 11) is 0. The second-order valence-corrected chi connectivity index (χ2v) is 12.2. The third-order valence-corrected chi connectivity index (χ3v) is 8.07. The SMILES string of the molecule is C[C@H](c1ccc(Cl)cc1Cl)n1cnc2ccc(N3CCN(C(=O)[C@H]4CCCN4C(=O)OC(C)(C)C)CC3)cc21. The Morgan fingerprint density at radius 1 is 1.03 bits per heavy atom. The van der Waals surface area contributed by atoms with Crippen LogP contribution in [0.2, 0.25) is 10.0 Å². The number of halogens is 2. The van der Waals surface area contributed by atoms with Crippen molar-refractivity contribution < 1.29 is 14.3 Å². The van der Waals surface area contributed by atoms with Gasteiger partial charge in [0.05, 0.1) is 23.4 Å². The number of amides is 2. The molecule has 2 fully saturated rings. The van der Waals surface area contributed by atoms with E-state index in [0.29, 0.717) is 49.2 Å². The van der Waals surface area contributed by atoms with Gasteiger partial charge in [0, 0.05) is 48.5 Å². The van der Waals surface area contributed by atoms with Crippen LogP contribution in [0.5, 0.6) is 0 Å². The number of likely N-dealkylation sites (tertiary alicyclic amines) is 1. The monoisotopic (exact) mass is 571 g/mol. The number of imidazole rings is 1. The largest absolute Gasteiger partial charge is 0.444 e. The van der Waals surface area contributed by atoms with Crippen molar-refractivity contribution in [2.24, 2.45) is 0 Å². The van der Waals surface area contributed by atoms with Crippen LogP contribution in [-0.4, -0.2) is 75.7 Å². The van der Waals surface area contributed by atoms with Crippen LogP contribution in [-0.2, 0) is 9.53 Å². The Morgan fingerprint density at radius 2 is 1.77 bits per heavy atom. The normalized spacial score (nSPS) is 19.0. The molecule has 2 aliphatic heterocycles. The average molecular weight is 573 g/mol. The summed E-state index contributed by atoms with van der Waals surface area (Å²) in [6.07, 6.45) is 2.92. The van der Waals surface area contributed by atoms with Gasteiger partial charge in [-0.1, -0.05) is 29.3 Å². The summed E-state index contributed by atoms with van der Waals surface area (Å²) in [6.45, 7) is 10.8. The number of ether oxygens (including phenoxy) is 1. The molecular formula is C29H35Cl2N5O3. The lowest BCUT2D eigenvalue weighted by atomic mass is 10.1. The number of carbonyl (C=O) groups is 2. The molecule has 0 N–H and O–H groups in total. The predicted molar refractivity (Wildman–Crippen MR) is 155 cm³/mol. The van der Waals surface area contributed by atoms with Crippen LogP contribution in [0.3, 0.4) is 0 Å². The Kier molecular flexibility index (Phi) is 7.71. The maximum absolute atomic E-state index is 13.4. The Morgan fingerprint density at radius 3 is 2.46 bits per heavy atom. The Bertz CT molecular complexity index is 1380. The van der Waals surface area contributed by atoms with Crippen molar-refractivity contribution in [3.8, 4) is 0 Å². The Labute approximate surface area is 239 Å². The molecular weight excluding hydrogens is 537 g/mol. The van der Waals surface area contributed by atoms with Crippen molar-refractivity contribution >= 4 is 51.9 Å². The van der Waals surface area contributed by atoms with Gasteiger partial charge in [-0.15, -0.1) is 0 Å². The molecule has 3 heterocycles. The Hall–Kier alpha value is -2.97. The lowest BCUT2D eigenvalue weighted by molar-refractivity contribution is -0.136. The molecule has 208 valence electrons. The first kappa shape index (κ1) is 27.6. The van der Waals surface area contributed by atoms with Gasteiger partial charge in [-0.05, 0) is 76.4 Å². The number of piperazine rings is 1. The Balaban J connectivity index is 1.27. The lowest BCUT2D eigenvalue weighted by Gasteiger charge is -2.38. The van der Waals surface area contributed by atoms with Crippen molar-refractivity contribution in [1.29, 1.82) is 0 Å². The zero-order valence-corrected chi connectivity index (χ0v) is 24.4. The van der Waals surface area contributed by atoms with E-state index in [1.54, 1.807) is 11.0 Å². The highest BCUT2D eigenvalue weighted by Gasteiger charge is 2.39. The highest BCUT2D eigenvalue weighted by Crippen LogP contribution is 2.32. The van der Waals surface area contributed by atoms with Gasteiger partial charge in [0.1, 0.15) is 11.6 Å². The molecule has 2 atom stereocenters. The van der Waals surface area contributed by atoms with Crippen LogP contribution in [0, 0.1) is 0 Å². The fourth-order valence-electron chi connectivity index (χ4n) is 5.47. The van der Waals surface area contributed by atoms with Gasteiger partial charge in [0.15, 0.2) is 0 Å². The first-order valence-corrected chi connectivity index (χ1v) is 14.2. The molecule has 0 bridgehead atoms. The summed E-state index contributed by atoms with van der Waals surface area (Å²) in [4.78, 5) is 36.5. The molecule has 0 saturated carbocycles. The average Bonchev–Trinajstić information content (AvgIpc) is 3.54. The summed E-state index contributed by atoms with van der Waals surface area (Å²) in [5.41, 5.74) is 3.40. The second-order valence-electron chi connectivity index (χ2n) is 11.3. The van der Waals surface area contributed by atoms with Gasteiger partial charge >= 0.3 is 6.09 Å². The molecule has 2 amide bonds. The van der Waals surface area contributed by atoms with E-state index in [2.05, 4.69) is 33.5 Å². The van der Waals surface area contributed by atoms with Crippen LogP contribution in [0.25, 0.3) is 11.0 Å². The van der Waals surface area contributed by atoms with E-state index in [-0.39, 0.29) is 11.9 Å². The highest BCUT2D eigenvalue weighted by molar-refractivity contribution is 6.35. The second kappa shape index (κ2) is 10.9. The first-order valence-electron chi connectivity index (χ1n) is 13.5. The van der Waals surface area contributed by atoms with E-state index in [1.807, 2.05) is 50.2 Å². The van der Waals surface area contributed by atoms with Crippen molar-refractivity contribution in [2.75, 3.05) is 37.6 Å². The molecule has 0 spiro atoms. The van der Waals surface area contributed by atoms with E-state index in [1.165, 1.54) is 0 Å². The summed E-state index contributed by atoms with van der Waals surface area (Å²) >= 11 is 12.6. The zero-order chi connectivity index (χ0) is 27.9. The molecule has 3 aromatic rings. The van der Waals surface area contributed by atoms with Crippen molar-refractivity contribution in [3.63, 3.8) is 0 Å². The number of carbonyl (C=O) groups excluding carboxylic acids is 2. The highest BCUT2D eigenvalue weighted by atomic mass is 35.5. The summed E-state index contributed by atoms with van der Waals surface area (Å²) in [5.74, 6) is 0.0141. The van der Waals surface area contributed by atoms with Crippen molar-refractivity contribution in [1.82, 2.24) is 19.4 Å². The predicted octanol–water partition coefficient (Wildman–Crippen LogP) is 6.00. The fraction of sp³-hybridized carbons (Fsp3) is 0.483. The van der Waals surface area contributed by atoms with Crippen LogP contribution in [0.4, 0.5) is 10.5 Å². The zero-order valence-electron chi connectivity index (χ0n) is 22.9. The lowest BCUT2D eigenvalue weighted by Crippen LogP contribution is -2.54. The molecule has 2 aromatic carbocycles. The molecule has 0 radical (unpaired) electrons. The molecule has 5 rings (SSSR count). The standard InChI is InChI=1S/C29H35Cl2N5O3/c1-19(22-9-7-20(30)16-23(22)31)36-18-32-24-10-8-21(17-26(24)36)33-12-14-34(15-13-33)27(37)25-6-5-11-35(25)28(38)39-29(2,3)4/h7-10,16-19,25H,5-6,11-15H2,1-4H3/t19-,25-/m1/s1. The first-order chi connectivity index (χ1) is 18.5. The summed E-state index contributed by atoms with van der Waals surface area (Å²) < 4.78 is 7.67. The maximum Gasteiger partial charge on any atom is 0.410 e. The van der Waals surface area contributed by atoms with Crippen LogP contribution >= 0.6 is 23.2 Å². The number of hydrogen-bond donors (Lipinski definition) is 0. The minimum atomic E-state index is -0.589. The molecule has 8 nitrogen and oxygen atoms in total. The van der Waals surface area contributed by atoms with Gasteiger partial charge in [-0.25, -0.2) is 9.78 Å². The van der Waals surface area contributed by atoms with Gasteiger partial charge in [-0.2, -0.15) is 0 Å². The van der Waals surface area contributed by atoms with Crippen LogP contribution in [0.1, 0.15) is 52.1 Å². The van der Waals surface area contributed by atoms with E-state index in [9.17, 15) is 9.59 Å². The fourth-order valence-corrected chi connectivity index (χ4v) is 6.03. The number of benzene rings is 2. The molecule has 39 heavy (non-hydrogen) atoms. The number of nitrogens with zero attached hydrogens (tertiary/aromatic N) is 5. The number of fused-ring (bicyclic) bond motifs is 1. The molecule has 2 aliphatic rings. The molecule has 0 aliphatic carbocycles. The molecule has 10 heteroatoms. The van der Waals surface area contributed by atoms with Gasteiger partial charge in [0.2, 0.25) is 5.91 Å². The van der Waals surface area contributed by atoms with E-state index in [4.69, 9.17) is 27.9 Å². The third-order valence-electron chi connectivity index (χ3n) is 7.51. The quantitative estimate of drug-likeness (QED) is 0.384.